The maximum Gasteiger partial charge on any atom is 0.303 e. The van der Waals surface area contributed by atoms with Gasteiger partial charge in [-0.25, -0.2) is 0 Å². The van der Waals surface area contributed by atoms with Crippen LogP contribution in [0.2, 0.25) is 0 Å². The normalized spacial score (nSPS) is 32.1. The number of furan rings is 1. The van der Waals surface area contributed by atoms with E-state index in [1.54, 1.807) is 0 Å². The fourth-order valence-corrected chi connectivity index (χ4v) is 2.38. The van der Waals surface area contributed by atoms with Crippen molar-refractivity contribution in [2.75, 3.05) is 0 Å². The van der Waals surface area contributed by atoms with Gasteiger partial charge in [0.1, 0.15) is 12.2 Å². The summed E-state index contributed by atoms with van der Waals surface area (Å²) in [6.45, 7) is 2.69. The number of carbonyl (C=O) groups excluding carboxylic acids is 2. The first-order valence-corrected chi connectivity index (χ1v) is 5.64. The minimum Gasteiger partial charge on any atom is -0.472 e. The van der Waals surface area contributed by atoms with Gasteiger partial charge in [0.15, 0.2) is 12.2 Å². The Labute approximate surface area is 103 Å². The first kappa shape index (κ1) is 11.3. The molecular weight excluding hydrogens is 240 g/mol. The molecule has 6 heteroatoms. The molecule has 96 valence electrons. The number of hydrogen-bond donors (Lipinski definition) is 0. The van der Waals surface area contributed by atoms with Crippen molar-refractivity contribution in [3.8, 4) is 0 Å². The van der Waals surface area contributed by atoms with E-state index < -0.39 is 12.2 Å². The van der Waals surface area contributed by atoms with Crippen LogP contribution in [0.5, 0.6) is 0 Å². The summed E-state index contributed by atoms with van der Waals surface area (Å²) in [7, 11) is 0. The number of ether oxygens (including phenoxy) is 3. The van der Waals surface area contributed by atoms with Crippen molar-refractivity contribution < 1.29 is 28.2 Å². The molecule has 1 saturated heterocycles. The van der Waals surface area contributed by atoms with Gasteiger partial charge in [0.05, 0.1) is 12.5 Å². The standard InChI is InChI=1S/C12H12O6/c1-5(13)16-9-7-3-15-4-8(7)10(17-6(2)14)12-11(9)18-12/h3-4,9-12H,1-2H3/t9-,10-,11-,12+/m1/s1. The molecule has 1 aliphatic heterocycles. The number of fused-ring (bicyclic) bond motifs is 2. The van der Waals surface area contributed by atoms with E-state index in [9.17, 15) is 9.59 Å². The smallest absolute Gasteiger partial charge is 0.303 e. The highest BCUT2D eigenvalue weighted by Gasteiger charge is 2.59. The molecule has 1 aromatic heterocycles. The number of esters is 2. The van der Waals surface area contributed by atoms with Crippen LogP contribution in [0.3, 0.4) is 0 Å². The van der Waals surface area contributed by atoms with E-state index in [1.165, 1.54) is 26.4 Å². The van der Waals surface area contributed by atoms with Gasteiger partial charge in [-0.2, -0.15) is 0 Å². The van der Waals surface area contributed by atoms with E-state index in [-0.39, 0.29) is 24.1 Å². The molecule has 18 heavy (non-hydrogen) atoms. The zero-order valence-corrected chi connectivity index (χ0v) is 9.91. The molecule has 4 atom stereocenters. The second-order valence-corrected chi connectivity index (χ2v) is 4.41. The van der Waals surface area contributed by atoms with Crippen molar-refractivity contribution in [1.29, 1.82) is 0 Å². The Hall–Kier alpha value is -1.82. The van der Waals surface area contributed by atoms with E-state index >= 15 is 0 Å². The van der Waals surface area contributed by atoms with Crippen LogP contribution in [0.15, 0.2) is 16.9 Å². The molecule has 1 aliphatic carbocycles. The highest BCUT2D eigenvalue weighted by molar-refractivity contribution is 5.67. The van der Waals surface area contributed by atoms with Gasteiger partial charge in [-0.15, -0.1) is 0 Å². The number of hydrogen-bond acceptors (Lipinski definition) is 6. The van der Waals surface area contributed by atoms with Gasteiger partial charge in [0, 0.05) is 25.0 Å². The Morgan fingerprint density at radius 1 is 1.00 bits per heavy atom. The summed E-state index contributed by atoms with van der Waals surface area (Å²) >= 11 is 0. The van der Waals surface area contributed by atoms with Crippen LogP contribution in [0.4, 0.5) is 0 Å². The Morgan fingerprint density at radius 2 is 1.44 bits per heavy atom. The molecule has 0 amide bonds. The highest BCUT2D eigenvalue weighted by atomic mass is 16.7. The van der Waals surface area contributed by atoms with Crippen molar-refractivity contribution in [1.82, 2.24) is 0 Å². The summed E-state index contributed by atoms with van der Waals surface area (Å²) in [5, 5.41) is 0. The minimum absolute atomic E-state index is 0.261. The maximum absolute atomic E-state index is 11.1. The predicted molar refractivity (Wildman–Crippen MR) is 56.4 cm³/mol. The van der Waals surface area contributed by atoms with E-state index in [0.717, 1.165) is 0 Å². The number of carbonyl (C=O) groups is 2. The third-order valence-electron chi connectivity index (χ3n) is 3.08. The lowest BCUT2D eigenvalue weighted by Gasteiger charge is -2.23. The van der Waals surface area contributed by atoms with E-state index in [2.05, 4.69) is 0 Å². The summed E-state index contributed by atoms with van der Waals surface area (Å²) in [6, 6.07) is 0. The van der Waals surface area contributed by atoms with E-state index in [0.29, 0.717) is 11.1 Å². The Balaban J connectivity index is 1.92. The predicted octanol–water partition coefficient (Wildman–Crippen LogP) is 1.27. The molecule has 1 fully saturated rings. The van der Waals surface area contributed by atoms with Crippen LogP contribution in [-0.2, 0) is 23.8 Å². The van der Waals surface area contributed by atoms with Crippen molar-refractivity contribution in [3.05, 3.63) is 23.7 Å². The van der Waals surface area contributed by atoms with Crippen molar-refractivity contribution >= 4 is 11.9 Å². The third kappa shape index (κ3) is 1.69. The topological polar surface area (TPSA) is 78.3 Å². The molecule has 0 N–H and O–H groups in total. The minimum atomic E-state index is -0.479. The SMILES string of the molecule is CC(=O)O[C@@H]1c2cocc2[C@@H](OC(C)=O)[C@H]2O[C@H]21. The Morgan fingerprint density at radius 3 is 1.83 bits per heavy atom. The molecule has 0 aromatic carbocycles. The summed E-state index contributed by atoms with van der Waals surface area (Å²) in [5.74, 6) is -0.764. The van der Waals surface area contributed by atoms with Crippen LogP contribution < -0.4 is 0 Å². The molecule has 2 heterocycles. The van der Waals surface area contributed by atoms with Crippen LogP contribution in [0.1, 0.15) is 37.2 Å². The molecule has 3 rings (SSSR count). The van der Waals surface area contributed by atoms with Gasteiger partial charge in [-0.1, -0.05) is 0 Å². The Kier molecular flexibility index (Phi) is 2.41. The molecule has 0 unspecified atom stereocenters. The average molecular weight is 252 g/mol. The molecule has 0 bridgehead atoms. The zero-order valence-electron chi connectivity index (χ0n) is 9.91. The van der Waals surface area contributed by atoms with Gasteiger partial charge in [-0.3, -0.25) is 9.59 Å². The monoisotopic (exact) mass is 252 g/mol. The molecule has 6 nitrogen and oxygen atoms in total. The van der Waals surface area contributed by atoms with Gasteiger partial charge in [-0.05, 0) is 0 Å². The second kappa shape index (κ2) is 3.84. The largest absolute Gasteiger partial charge is 0.472 e. The fraction of sp³-hybridized carbons (Fsp3) is 0.500. The zero-order chi connectivity index (χ0) is 12.9. The second-order valence-electron chi connectivity index (χ2n) is 4.41. The van der Waals surface area contributed by atoms with Crippen molar-refractivity contribution in [3.63, 3.8) is 0 Å². The molecule has 0 radical (unpaired) electrons. The Bertz CT molecular complexity index is 462. The maximum atomic E-state index is 11.1. The number of rotatable bonds is 2. The lowest BCUT2D eigenvalue weighted by atomic mass is 9.90. The lowest BCUT2D eigenvalue weighted by Crippen LogP contribution is -2.27. The first-order valence-electron chi connectivity index (χ1n) is 5.64. The first-order chi connectivity index (χ1) is 8.58. The van der Waals surface area contributed by atoms with Gasteiger partial charge >= 0.3 is 11.9 Å². The summed E-state index contributed by atoms with van der Waals surface area (Å²) in [5.41, 5.74) is 1.41. The molecule has 2 aliphatic rings. The quantitative estimate of drug-likeness (QED) is 0.582. The van der Waals surface area contributed by atoms with Crippen molar-refractivity contribution in [2.24, 2.45) is 0 Å². The average Bonchev–Trinajstić information content (AvgIpc) is 2.91. The third-order valence-corrected chi connectivity index (χ3v) is 3.08. The van der Waals surface area contributed by atoms with Gasteiger partial charge < -0.3 is 18.6 Å². The van der Waals surface area contributed by atoms with Gasteiger partial charge in [0.25, 0.3) is 0 Å². The summed E-state index contributed by atoms with van der Waals surface area (Å²) in [6.07, 6.45) is 1.52. The van der Waals surface area contributed by atoms with Crippen LogP contribution >= 0.6 is 0 Å². The lowest BCUT2D eigenvalue weighted by molar-refractivity contribution is -0.151. The summed E-state index contributed by atoms with van der Waals surface area (Å²) in [4.78, 5) is 22.1. The van der Waals surface area contributed by atoms with E-state index in [1.807, 2.05) is 0 Å². The fourth-order valence-electron chi connectivity index (χ4n) is 2.38. The van der Waals surface area contributed by atoms with Crippen LogP contribution in [0.25, 0.3) is 0 Å². The summed E-state index contributed by atoms with van der Waals surface area (Å²) < 4.78 is 21.0. The highest BCUT2D eigenvalue weighted by Crippen LogP contribution is 2.52. The van der Waals surface area contributed by atoms with E-state index in [4.69, 9.17) is 18.6 Å². The van der Waals surface area contributed by atoms with Crippen LogP contribution in [0, 0.1) is 0 Å². The van der Waals surface area contributed by atoms with Gasteiger partial charge in [0.2, 0.25) is 0 Å². The number of epoxide rings is 1. The molecule has 0 saturated carbocycles. The molecule has 1 aromatic rings. The molecule has 0 spiro atoms. The molecular formula is C12H12O6. The van der Waals surface area contributed by atoms with Crippen LogP contribution in [-0.4, -0.2) is 24.1 Å². The van der Waals surface area contributed by atoms with Crippen molar-refractivity contribution in [2.45, 2.75) is 38.3 Å².